The Bertz CT molecular complexity index is 608. The van der Waals surface area contributed by atoms with Crippen molar-refractivity contribution < 1.29 is 0 Å². The van der Waals surface area contributed by atoms with Crippen LogP contribution in [-0.2, 0) is 13.6 Å². The Hall–Kier alpha value is -1.16. The molecule has 0 bridgehead atoms. The lowest BCUT2D eigenvalue weighted by Gasteiger charge is -2.15. The fourth-order valence-electron chi connectivity index (χ4n) is 2.00. The summed E-state index contributed by atoms with van der Waals surface area (Å²) in [5.74, 6) is 3.02. The van der Waals surface area contributed by atoms with Crippen LogP contribution < -0.4 is 10.6 Å². The summed E-state index contributed by atoms with van der Waals surface area (Å²) in [6, 6.07) is 2.17. The third kappa shape index (κ3) is 5.76. The Morgan fingerprint density at radius 2 is 2.17 bits per heavy atom. The first kappa shape index (κ1) is 19.9. The number of nitrogens with zero attached hydrogens (tertiary/aromatic N) is 4. The molecule has 0 radical (unpaired) electrons. The van der Waals surface area contributed by atoms with Gasteiger partial charge in [-0.05, 0) is 42.2 Å². The third-order valence-electron chi connectivity index (χ3n) is 3.59. The second-order valence-corrected chi connectivity index (χ2v) is 6.04. The smallest absolute Gasteiger partial charge is 0.191 e. The zero-order chi connectivity index (χ0) is 15.9. The molecule has 0 aromatic carbocycles. The van der Waals surface area contributed by atoms with Crippen molar-refractivity contribution in [2.24, 2.45) is 12.0 Å². The molecule has 2 N–H and O–H groups in total. The SMILES string of the molecule is CCNC(=NCc1nnc(C)n1C)NCC(C)c1ccsc1.I. The highest BCUT2D eigenvalue weighted by Gasteiger charge is 2.08. The molecule has 8 heteroatoms. The highest BCUT2D eigenvalue weighted by atomic mass is 127. The van der Waals surface area contributed by atoms with Crippen molar-refractivity contribution in [1.29, 1.82) is 0 Å². The minimum Gasteiger partial charge on any atom is -0.357 e. The zero-order valence-corrected chi connectivity index (χ0v) is 17.2. The van der Waals surface area contributed by atoms with Crippen LogP contribution in [0.5, 0.6) is 0 Å². The van der Waals surface area contributed by atoms with Gasteiger partial charge in [0.25, 0.3) is 0 Å². The van der Waals surface area contributed by atoms with Crippen molar-refractivity contribution in [2.75, 3.05) is 13.1 Å². The minimum atomic E-state index is 0. The normalized spacial score (nSPS) is 12.6. The van der Waals surface area contributed by atoms with E-state index in [0.717, 1.165) is 30.7 Å². The number of hydrogen-bond donors (Lipinski definition) is 2. The molecular weight excluding hydrogens is 423 g/mol. The van der Waals surface area contributed by atoms with E-state index in [-0.39, 0.29) is 24.0 Å². The summed E-state index contributed by atoms with van der Waals surface area (Å²) >= 11 is 1.73. The summed E-state index contributed by atoms with van der Waals surface area (Å²) in [7, 11) is 1.96. The summed E-state index contributed by atoms with van der Waals surface area (Å²) < 4.78 is 1.96. The Balaban J connectivity index is 0.00000264. The number of aryl methyl sites for hydroxylation is 1. The van der Waals surface area contributed by atoms with Gasteiger partial charge in [0.05, 0.1) is 0 Å². The molecule has 0 spiro atoms. The average Bonchev–Trinajstić information content (AvgIpc) is 3.14. The first-order valence-corrected chi connectivity index (χ1v) is 8.45. The predicted octanol–water partition coefficient (Wildman–Crippen LogP) is 2.66. The number of hydrogen-bond acceptors (Lipinski definition) is 4. The molecule has 6 nitrogen and oxygen atoms in total. The summed E-state index contributed by atoms with van der Waals surface area (Å²) in [6.45, 7) is 8.40. The van der Waals surface area contributed by atoms with Gasteiger partial charge in [0, 0.05) is 20.1 Å². The summed E-state index contributed by atoms with van der Waals surface area (Å²) in [6.07, 6.45) is 0. The van der Waals surface area contributed by atoms with E-state index in [4.69, 9.17) is 0 Å². The number of aromatic nitrogens is 3. The topological polar surface area (TPSA) is 67.1 Å². The standard InChI is InChI=1S/C15H24N6S.HI/c1-5-16-15(17-8-11(2)13-6-7-22-10-13)18-9-14-20-19-12(3)21(14)4;/h6-7,10-11H,5,8-9H2,1-4H3,(H2,16,17,18);1H. The summed E-state index contributed by atoms with van der Waals surface area (Å²) in [5.41, 5.74) is 1.36. The Labute approximate surface area is 158 Å². The lowest BCUT2D eigenvalue weighted by molar-refractivity contribution is 0.697. The molecule has 0 saturated heterocycles. The van der Waals surface area contributed by atoms with Gasteiger partial charge in [0.2, 0.25) is 0 Å². The molecule has 0 aliphatic heterocycles. The molecule has 2 rings (SSSR count). The molecule has 1 atom stereocenters. The van der Waals surface area contributed by atoms with Crippen molar-refractivity contribution in [2.45, 2.75) is 33.2 Å². The molecule has 0 saturated carbocycles. The van der Waals surface area contributed by atoms with Crippen LogP contribution in [0.1, 0.15) is 37.0 Å². The molecule has 2 aromatic rings. The minimum absolute atomic E-state index is 0. The number of guanidine groups is 1. The van der Waals surface area contributed by atoms with Crippen molar-refractivity contribution >= 4 is 41.3 Å². The van der Waals surface area contributed by atoms with Crippen LogP contribution in [0.15, 0.2) is 21.8 Å². The molecular formula is C15H25IN6S. The maximum absolute atomic E-state index is 4.58. The van der Waals surface area contributed by atoms with E-state index in [2.05, 4.69) is 56.5 Å². The van der Waals surface area contributed by atoms with E-state index < -0.39 is 0 Å². The van der Waals surface area contributed by atoms with E-state index in [9.17, 15) is 0 Å². The Kier molecular flexibility index (Phi) is 8.53. The van der Waals surface area contributed by atoms with Crippen LogP contribution in [0, 0.1) is 6.92 Å². The van der Waals surface area contributed by atoms with Gasteiger partial charge in [-0.1, -0.05) is 6.92 Å². The fraction of sp³-hybridized carbons (Fsp3) is 0.533. The van der Waals surface area contributed by atoms with E-state index >= 15 is 0 Å². The second-order valence-electron chi connectivity index (χ2n) is 5.26. The van der Waals surface area contributed by atoms with E-state index in [1.807, 2.05) is 18.5 Å². The van der Waals surface area contributed by atoms with Gasteiger partial charge in [-0.15, -0.1) is 34.2 Å². The van der Waals surface area contributed by atoms with Gasteiger partial charge < -0.3 is 15.2 Å². The number of thiophene rings is 1. The quantitative estimate of drug-likeness (QED) is 0.405. The van der Waals surface area contributed by atoms with E-state index in [0.29, 0.717) is 12.5 Å². The van der Waals surface area contributed by atoms with Crippen LogP contribution in [0.3, 0.4) is 0 Å². The van der Waals surface area contributed by atoms with Gasteiger partial charge in [0.15, 0.2) is 11.8 Å². The molecule has 128 valence electrons. The lowest BCUT2D eigenvalue weighted by Crippen LogP contribution is -2.39. The van der Waals surface area contributed by atoms with Crippen LogP contribution in [0.2, 0.25) is 0 Å². The first-order valence-electron chi connectivity index (χ1n) is 7.51. The largest absolute Gasteiger partial charge is 0.357 e. The van der Waals surface area contributed by atoms with Crippen molar-refractivity contribution in [3.63, 3.8) is 0 Å². The number of aliphatic imine (C=N–C) groups is 1. The number of halogens is 1. The second kappa shape index (κ2) is 9.86. The maximum atomic E-state index is 4.58. The lowest BCUT2D eigenvalue weighted by atomic mass is 10.1. The highest BCUT2D eigenvalue weighted by Crippen LogP contribution is 2.16. The number of rotatable bonds is 6. The molecule has 2 aromatic heterocycles. The Morgan fingerprint density at radius 3 is 2.74 bits per heavy atom. The first-order chi connectivity index (χ1) is 10.6. The van der Waals surface area contributed by atoms with Gasteiger partial charge in [-0.25, -0.2) is 4.99 Å². The summed E-state index contributed by atoms with van der Waals surface area (Å²) in [5, 5.41) is 19.1. The van der Waals surface area contributed by atoms with Gasteiger partial charge >= 0.3 is 0 Å². The van der Waals surface area contributed by atoms with Crippen LogP contribution in [0.25, 0.3) is 0 Å². The fourth-order valence-corrected chi connectivity index (χ4v) is 2.79. The Morgan fingerprint density at radius 1 is 1.39 bits per heavy atom. The maximum Gasteiger partial charge on any atom is 0.191 e. The molecule has 0 aliphatic carbocycles. The zero-order valence-electron chi connectivity index (χ0n) is 14.0. The molecule has 1 unspecified atom stereocenters. The van der Waals surface area contributed by atoms with Crippen molar-refractivity contribution in [3.8, 4) is 0 Å². The van der Waals surface area contributed by atoms with Crippen LogP contribution in [0.4, 0.5) is 0 Å². The molecule has 2 heterocycles. The third-order valence-corrected chi connectivity index (χ3v) is 4.29. The predicted molar refractivity (Wildman–Crippen MR) is 107 cm³/mol. The van der Waals surface area contributed by atoms with Crippen molar-refractivity contribution in [1.82, 2.24) is 25.4 Å². The van der Waals surface area contributed by atoms with Crippen LogP contribution in [-0.4, -0.2) is 33.8 Å². The van der Waals surface area contributed by atoms with E-state index in [1.54, 1.807) is 11.3 Å². The van der Waals surface area contributed by atoms with E-state index in [1.165, 1.54) is 5.56 Å². The molecule has 0 fully saturated rings. The van der Waals surface area contributed by atoms with Gasteiger partial charge in [-0.2, -0.15) is 11.3 Å². The van der Waals surface area contributed by atoms with Crippen LogP contribution >= 0.6 is 35.3 Å². The average molecular weight is 448 g/mol. The molecule has 0 aliphatic rings. The number of nitrogens with one attached hydrogen (secondary N) is 2. The molecule has 23 heavy (non-hydrogen) atoms. The van der Waals surface area contributed by atoms with Gasteiger partial charge in [0.1, 0.15) is 12.4 Å². The van der Waals surface area contributed by atoms with Crippen molar-refractivity contribution in [3.05, 3.63) is 34.0 Å². The summed E-state index contributed by atoms with van der Waals surface area (Å²) in [4.78, 5) is 4.58. The highest BCUT2D eigenvalue weighted by molar-refractivity contribution is 14.0. The molecule has 0 amide bonds. The monoisotopic (exact) mass is 448 g/mol. The van der Waals surface area contributed by atoms with Gasteiger partial charge in [-0.3, -0.25) is 0 Å².